The van der Waals surface area contributed by atoms with E-state index in [9.17, 15) is 4.39 Å². The number of benzene rings is 1. The van der Waals surface area contributed by atoms with Crippen molar-refractivity contribution in [2.45, 2.75) is 45.1 Å². The Morgan fingerprint density at radius 1 is 1.39 bits per heavy atom. The van der Waals surface area contributed by atoms with E-state index < -0.39 is 0 Å². The van der Waals surface area contributed by atoms with Crippen molar-refractivity contribution in [1.29, 1.82) is 0 Å². The minimum absolute atomic E-state index is 0.0829. The molecule has 18 heavy (non-hydrogen) atoms. The van der Waals surface area contributed by atoms with Crippen molar-refractivity contribution in [3.8, 4) is 0 Å². The maximum Gasteiger partial charge on any atom is 0.129 e. The fourth-order valence-corrected chi connectivity index (χ4v) is 3.10. The summed E-state index contributed by atoms with van der Waals surface area (Å²) in [5.41, 5.74) is 0.754. The molecule has 1 aliphatic rings. The van der Waals surface area contributed by atoms with Gasteiger partial charge < -0.3 is 5.32 Å². The van der Waals surface area contributed by atoms with E-state index in [1.807, 2.05) is 19.1 Å². The molecular weight excluding hydrogens is 293 g/mol. The summed E-state index contributed by atoms with van der Waals surface area (Å²) < 4.78 is 14.6. The van der Waals surface area contributed by atoms with Gasteiger partial charge in [0.1, 0.15) is 5.82 Å². The highest BCUT2D eigenvalue weighted by molar-refractivity contribution is 9.10. The summed E-state index contributed by atoms with van der Waals surface area (Å²) in [7, 11) is 0. The molecule has 0 amide bonds. The molecule has 0 bridgehead atoms. The van der Waals surface area contributed by atoms with Crippen molar-refractivity contribution in [3.63, 3.8) is 0 Å². The molecule has 0 spiro atoms. The average molecular weight is 314 g/mol. The molecule has 1 aliphatic carbocycles. The van der Waals surface area contributed by atoms with Gasteiger partial charge in [-0.25, -0.2) is 4.39 Å². The predicted octanol–water partition coefficient (Wildman–Crippen LogP) is 4.82. The summed E-state index contributed by atoms with van der Waals surface area (Å²) in [6.45, 7) is 3.02. The van der Waals surface area contributed by atoms with Gasteiger partial charge in [0.15, 0.2) is 0 Å². The lowest BCUT2D eigenvalue weighted by Gasteiger charge is -2.17. The average Bonchev–Trinajstić information content (AvgIpc) is 2.81. The second-order valence-electron chi connectivity index (χ2n) is 5.28. The van der Waals surface area contributed by atoms with E-state index in [4.69, 9.17) is 0 Å². The first-order chi connectivity index (χ1) is 8.66. The molecule has 2 rings (SSSR count). The summed E-state index contributed by atoms with van der Waals surface area (Å²) in [6.07, 6.45) is 6.76. The molecule has 1 saturated carbocycles. The molecule has 1 atom stereocenters. The van der Waals surface area contributed by atoms with Crippen LogP contribution < -0.4 is 5.32 Å². The highest BCUT2D eigenvalue weighted by Gasteiger charge is 2.15. The highest BCUT2D eigenvalue weighted by Crippen LogP contribution is 2.27. The number of rotatable bonds is 5. The Bertz CT molecular complexity index is 388. The molecule has 1 aromatic rings. The van der Waals surface area contributed by atoms with Gasteiger partial charge in [-0.05, 0) is 37.9 Å². The Hall–Kier alpha value is -0.410. The lowest BCUT2D eigenvalue weighted by atomic mass is 10.0. The van der Waals surface area contributed by atoms with Crippen LogP contribution in [0, 0.1) is 11.7 Å². The van der Waals surface area contributed by atoms with E-state index >= 15 is 0 Å². The van der Waals surface area contributed by atoms with E-state index in [1.54, 1.807) is 0 Å². The number of hydrogen-bond donors (Lipinski definition) is 1. The van der Waals surface area contributed by atoms with Gasteiger partial charge in [0.25, 0.3) is 0 Å². The molecule has 3 heteroatoms. The zero-order valence-corrected chi connectivity index (χ0v) is 12.5. The fourth-order valence-electron chi connectivity index (χ4n) is 2.77. The van der Waals surface area contributed by atoms with Gasteiger partial charge in [-0.1, -0.05) is 47.7 Å². The van der Waals surface area contributed by atoms with E-state index in [1.165, 1.54) is 38.2 Å². The number of nitrogens with one attached hydrogen (secondary N) is 1. The predicted molar refractivity (Wildman–Crippen MR) is 77.1 cm³/mol. The number of halogens is 2. The Labute approximate surface area is 117 Å². The van der Waals surface area contributed by atoms with Crippen LogP contribution in [-0.4, -0.2) is 6.54 Å². The first-order valence-corrected chi connectivity index (χ1v) is 7.64. The third-order valence-electron chi connectivity index (χ3n) is 3.91. The van der Waals surface area contributed by atoms with Gasteiger partial charge in [-0.2, -0.15) is 0 Å². The van der Waals surface area contributed by atoms with Gasteiger partial charge in [0, 0.05) is 16.1 Å². The smallest absolute Gasteiger partial charge is 0.129 e. The Kier molecular flexibility index (Phi) is 5.19. The first-order valence-electron chi connectivity index (χ1n) is 6.85. The molecule has 1 nitrogen and oxygen atoms in total. The minimum Gasteiger partial charge on any atom is -0.310 e. The molecule has 0 aromatic heterocycles. The molecule has 100 valence electrons. The van der Waals surface area contributed by atoms with E-state index in [0.29, 0.717) is 0 Å². The summed E-state index contributed by atoms with van der Waals surface area (Å²) in [6, 6.07) is 5.37. The molecule has 1 aromatic carbocycles. The van der Waals surface area contributed by atoms with E-state index in [2.05, 4.69) is 21.2 Å². The van der Waals surface area contributed by atoms with Gasteiger partial charge in [0.05, 0.1) is 0 Å². The van der Waals surface area contributed by atoms with Crippen molar-refractivity contribution in [1.82, 2.24) is 5.32 Å². The molecule has 0 saturated heterocycles. The second kappa shape index (κ2) is 6.67. The third kappa shape index (κ3) is 3.79. The van der Waals surface area contributed by atoms with Crippen molar-refractivity contribution < 1.29 is 4.39 Å². The van der Waals surface area contributed by atoms with Crippen LogP contribution in [0.1, 0.15) is 50.6 Å². The van der Waals surface area contributed by atoms with E-state index in [0.717, 1.165) is 22.5 Å². The molecule has 0 radical (unpaired) electrons. The van der Waals surface area contributed by atoms with Gasteiger partial charge in [0.2, 0.25) is 0 Å². The van der Waals surface area contributed by atoms with E-state index in [-0.39, 0.29) is 11.9 Å². The monoisotopic (exact) mass is 313 g/mol. The Balaban J connectivity index is 1.81. The van der Waals surface area contributed by atoms with Crippen LogP contribution in [0.2, 0.25) is 0 Å². The van der Waals surface area contributed by atoms with Crippen molar-refractivity contribution in [3.05, 3.63) is 34.1 Å². The molecule has 1 fully saturated rings. The van der Waals surface area contributed by atoms with Crippen LogP contribution >= 0.6 is 15.9 Å². The SMILES string of the molecule is CC(NCCC1CCCC1)c1ccc(Br)cc1F. The van der Waals surface area contributed by atoms with Crippen LogP contribution in [0.4, 0.5) is 4.39 Å². The van der Waals surface area contributed by atoms with Crippen molar-refractivity contribution >= 4 is 15.9 Å². The zero-order valence-electron chi connectivity index (χ0n) is 10.9. The normalized spacial score (nSPS) is 18.2. The van der Waals surface area contributed by atoms with Crippen LogP contribution in [0.25, 0.3) is 0 Å². The topological polar surface area (TPSA) is 12.0 Å². The quantitative estimate of drug-likeness (QED) is 0.821. The lowest BCUT2D eigenvalue weighted by molar-refractivity contribution is 0.448. The zero-order chi connectivity index (χ0) is 13.0. The highest BCUT2D eigenvalue weighted by atomic mass is 79.9. The maximum atomic E-state index is 13.8. The van der Waals surface area contributed by atoms with Gasteiger partial charge in [-0.3, -0.25) is 0 Å². The second-order valence-corrected chi connectivity index (χ2v) is 6.20. The molecule has 0 heterocycles. The summed E-state index contributed by atoms with van der Waals surface area (Å²) >= 11 is 3.28. The Morgan fingerprint density at radius 2 is 2.11 bits per heavy atom. The molecule has 1 unspecified atom stereocenters. The molecular formula is C15H21BrFN. The maximum absolute atomic E-state index is 13.8. The van der Waals surface area contributed by atoms with Crippen LogP contribution in [-0.2, 0) is 0 Å². The molecule has 1 N–H and O–H groups in total. The van der Waals surface area contributed by atoms with Crippen molar-refractivity contribution in [2.75, 3.05) is 6.54 Å². The fraction of sp³-hybridized carbons (Fsp3) is 0.600. The largest absolute Gasteiger partial charge is 0.310 e. The minimum atomic E-state index is -0.134. The number of hydrogen-bond acceptors (Lipinski definition) is 1. The van der Waals surface area contributed by atoms with Gasteiger partial charge >= 0.3 is 0 Å². The van der Waals surface area contributed by atoms with Gasteiger partial charge in [-0.15, -0.1) is 0 Å². The van der Waals surface area contributed by atoms with Crippen molar-refractivity contribution in [2.24, 2.45) is 5.92 Å². The summed E-state index contributed by atoms with van der Waals surface area (Å²) in [5, 5.41) is 3.43. The summed E-state index contributed by atoms with van der Waals surface area (Å²) in [5.74, 6) is 0.754. The first kappa shape index (κ1) is 14.0. The lowest BCUT2D eigenvalue weighted by Crippen LogP contribution is -2.22. The summed E-state index contributed by atoms with van der Waals surface area (Å²) in [4.78, 5) is 0. The third-order valence-corrected chi connectivity index (χ3v) is 4.40. The van der Waals surface area contributed by atoms with Crippen LogP contribution in [0.3, 0.4) is 0 Å². The Morgan fingerprint density at radius 3 is 2.78 bits per heavy atom. The standard InChI is InChI=1S/C15H21BrFN/c1-11(14-7-6-13(16)10-15(14)17)18-9-8-12-4-2-3-5-12/h6-7,10-12,18H,2-5,8-9H2,1H3. The molecule has 0 aliphatic heterocycles. The van der Waals surface area contributed by atoms with Crippen LogP contribution in [0.15, 0.2) is 22.7 Å². The van der Waals surface area contributed by atoms with Crippen LogP contribution in [0.5, 0.6) is 0 Å².